The molecule has 2 N–H and O–H groups in total. The smallest absolute Gasteiger partial charge is 0.258 e. The van der Waals surface area contributed by atoms with Crippen LogP contribution < -0.4 is 5.73 Å². The Kier molecular flexibility index (Phi) is 3.68. The molecule has 0 aliphatic heterocycles. The van der Waals surface area contributed by atoms with Crippen molar-refractivity contribution in [1.29, 1.82) is 5.26 Å². The number of rotatable bonds is 3. The second-order valence-electron chi connectivity index (χ2n) is 2.37. The summed E-state index contributed by atoms with van der Waals surface area (Å²) in [5.41, 5.74) is 5.05. The second kappa shape index (κ2) is 4.79. The van der Waals surface area contributed by atoms with E-state index in [2.05, 4.69) is 0 Å². The topological polar surface area (TPSA) is 83.9 Å². The first-order valence-electron chi connectivity index (χ1n) is 3.60. The van der Waals surface area contributed by atoms with Gasteiger partial charge in [0.15, 0.2) is 0 Å². The van der Waals surface area contributed by atoms with Crippen molar-refractivity contribution in [3.05, 3.63) is 21.9 Å². The maximum absolute atomic E-state index is 11.0. The van der Waals surface area contributed by atoms with Crippen LogP contribution in [0, 0.1) is 10.7 Å². The monoisotopic (exact) mass is 226 g/mol. The third-order valence-corrected chi connectivity index (χ3v) is 2.95. The number of nitrogens with two attached hydrogens (primary N) is 1. The molecular weight excluding hydrogens is 220 g/mol. The highest BCUT2D eigenvalue weighted by molar-refractivity contribution is 8.17. The van der Waals surface area contributed by atoms with Gasteiger partial charge in [0.05, 0.1) is 11.3 Å². The van der Waals surface area contributed by atoms with Gasteiger partial charge in [-0.3, -0.25) is 9.59 Å². The second-order valence-corrected chi connectivity index (χ2v) is 4.38. The van der Waals surface area contributed by atoms with Crippen molar-refractivity contribution < 1.29 is 9.59 Å². The average Bonchev–Trinajstić information content (AvgIpc) is 2.53. The number of hydrogen-bond donors (Lipinski definition) is 1. The third kappa shape index (κ3) is 2.87. The van der Waals surface area contributed by atoms with Crippen LogP contribution in [0.2, 0.25) is 0 Å². The van der Waals surface area contributed by atoms with Crippen LogP contribution in [0.4, 0.5) is 0 Å². The Morgan fingerprint density at radius 3 is 2.79 bits per heavy atom. The quantitative estimate of drug-likeness (QED) is 0.783. The molecule has 1 rings (SSSR count). The highest BCUT2D eigenvalue weighted by atomic mass is 32.2. The number of hydrogen-bond acceptors (Lipinski definition) is 5. The van der Waals surface area contributed by atoms with Crippen molar-refractivity contribution in [1.82, 2.24) is 0 Å². The molecule has 0 unspecified atom stereocenters. The molecule has 14 heavy (non-hydrogen) atoms. The molecule has 4 nitrogen and oxygen atoms in total. The molecule has 0 saturated heterocycles. The summed E-state index contributed by atoms with van der Waals surface area (Å²) in [6, 6.07) is 3.24. The number of carbonyl (C=O) groups is 2. The molecular formula is C8H6N2O2S2. The molecule has 0 spiro atoms. The fourth-order valence-electron chi connectivity index (χ4n) is 0.835. The van der Waals surface area contributed by atoms with Gasteiger partial charge in [-0.25, -0.2) is 0 Å². The summed E-state index contributed by atoms with van der Waals surface area (Å²) in [5, 5.41) is 9.70. The SMILES string of the molecule is N#CSC(=O)Cc1ccc(C(N)=O)s1. The van der Waals surface area contributed by atoms with Crippen molar-refractivity contribution >= 4 is 34.1 Å². The number of thiophene rings is 1. The van der Waals surface area contributed by atoms with Crippen molar-refractivity contribution in [2.24, 2.45) is 5.73 Å². The van der Waals surface area contributed by atoms with E-state index < -0.39 is 5.91 Å². The fourth-order valence-corrected chi connectivity index (χ4v) is 2.11. The van der Waals surface area contributed by atoms with Gasteiger partial charge >= 0.3 is 0 Å². The van der Waals surface area contributed by atoms with Gasteiger partial charge < -0.3 is 5.73 Å². The first kappa shape index (κ1) is 10.8. The van der Waals surface area contributed by atoms with E-state index in [0.717, 1.165) is 4.88 Å². The summed E-state index contributed by atoms with van der Waals surface area (Å²) in [7, 11) is 0. The molecule has 0 atom stereocenters. The number of thioether (sulfide) groups is 1. The van der Waals surface area contributed by atoms with Crippen LogP contribution in [0.1, 0.15) is 14.5 Å². The van der Waals surface area contributed by atoms with Crippen LogP contribution in [-0.4, -0.2) is 11.0 Å². The van der Waals surface area contributed by atoms with Crippen LogP contribution in [0.15, 0.2) is 12.1 Å². The van der Waals surface area contributed by atoms with E-state index in [0.29, 0.717) is 16.6 Å². The van der Waals surface area contributed by atoms with Crippen molar-refractivity contribution in [2.45, 2.75) is 6.42 Å². The number of thiocyanates is 1. The van der Waals surface area contributed by atoms with Crippen LogP contribution >= 0.6 is 23.1 Å². The van der Waals surface area contributed by atoms with E-state index in [1.807, 2.05) is 0 Å². The molecule has 1 heterocycles. The van der Waals surface area contributed by atoms with Gasteiger partial charge in [0, 0.05) is 16.6 Å². The zero-order valence-corrected chi connectivity index (χ0v) is 8.65. The van der Waals surface area contributed by atoms with Crippen molar-refractivity contribution in [2.75, 3.05) is 0 Å². The Labute approximate surface area is 88.7 Å². The molecule has 0 aliphatic rings. The minimum absolute atomic E-state index is 0.163. The van der Waals surface area contributed by atoms with Gasteiger partial charge in [0.25, 0.3) is 5.91 Å². The van der Waals surface area contributed by atoms with Gasteiger partial charge in [-0.1, -0.05) is 0 Å². The zero-order valence-electron chi connectivity index (χ0n) is 7.02. The first-order chi connectivity index (χ1) is 6.63. The summed E-state index contributed by atoms with van der Waals surface area (Å²) in [6.45, 7) is 0. The minimum atomic E-state index is -0.498. The van der Waals surface area contributed by atoms with Gasteiger partial charge in [-0.2, -0.15) is 5.26 Å². The van der Waals surface area contributed by atoms with Gasteiger partial charge in [-0.15, -0.1) is 11.3 Å². The lowest BCUT2D eigenvalue weighted by Crippen LogP contribution is -2.08. The first-order valence-corrected chi connectivity index (χ1v) is 5.24. The average molecular weight is 226 g/mol. The largest absolute Gasteiger partial charge is 0.365 e. The molecule has 6 heteroatoms. The molecule has 0 fully saturated rings. The van der Waals surface area contributed by atoms with E-state index in [9.17, 15) is 9.59 Å². The van der Waals surface area contributed by atoms with E-state index in [-0.39, 0.29) is 11.5 Å². The molecule has 0 aliphatic carbocycles. The molecule has 1 aromatic heterocycles. The highest BCUT2D eigenvalue weighted by Crippen LogP contribution is 2.18. The molecule has 0 bridgehead atoms. The molecule has 1 amide bonds. The predicted octanol–water partition coefficient (Wildman–Crippen LogP) is 1.13. The molecule has 0 aromatic carbocycles. The van der Waals surface area contributed by atoms with Crippen molar-refractivity contribution in [3.8, 4) is 5.40 Å². The van der Waals surface area contributed by atoms with Crippen molar-refractivity contribution in [3.63, 3.8) is 0 Å². The molecule has 72 valence electrons. The Bertz CT molecular complexity index is 406. The normalized spacial score (nSPS) is 9.36. The van der Waals surface area contributed by atoms with Gasteiger partial charge in [0.2, 0.25) is 5.12 Å². The lowest BCUT2D eigenvalue weighted by atomic mass is 10.3. The summed E-state index contributed by atoms with van der Waals surface area (Å²) >= 11 is 1.78. The van der Waals surface area contributed by atoms with Gasteiger partial charge in [-0.05, 0) is 12.1 Å². The highest BCUT2D eigenvalue weighted by Gasteiger charge is 2.09. The maximum atomic E-state index is 11.0. The number of primary amides is 1. The fraction of sp³-hybridized carbons (Fsp3) is 0.125. The Balaban J connectivity index is 2.65. The summed E-state index contributed by atoms with van der Waals surface area (Å²) < 4.78 is 0. The Hall–Kier alpha value is -1.32. The zero-order chi connectivity index (χ0) is 10.6. The van der Waals surface area contributed by atoms with Crippen LogP contribution in [0.3, 0.4) is 0 Å². The molecule has 0 radical (unpaired) electrons. The van der Waals surface area contributed by atoms with E-state index >= 15 is 0 Å². The van der Waals surface area contributed by atoms with Crippen LogP contribution in [-0.2, 0) is 11.2 Å². The van der Waals surface area contributed by atoms with Crippen LogP contribution in [0.5, 0.6) is 0 Å². The third-order valence-electron chi connectivity index (χ3n) is 1.38. The number of carbonyl (C=O) groups excluding carboxylic acids is 2. The number of nitriles is 1. The standard InChI is InChI=1S/C8H6N2O2S2/c9-4-13-7(11)3-5-1-2-6(14-5)8(10)12/h1-2H,3H2,(H2,10,12). The lowest BCUT2D eigenvalue weighted by molar-refractivity contribution is -0.110. The summed E-state index contributed by atoms with van der Waals surface area (Å²) in [4.78, 5) is 22.9. The Morgan fingerprint density at radius 2 is 2.29 bits per heavy atom. The lowest BCUT2D eigenvalue weighted by Gasteiger charge is -1.90. The van der Waals surface area contributed by atoms with Crippen LogP contribution in [0.25, 0.3) is 0 Å². The van der Waals surface area contributed by atoms with Gasteiger partial charge in [0.1, 0.15) is 5.40 Å². The maximum Gasteiger partial charge on any atom is 0.258 e. The number of amides is 1. The summed E-state index contributed by atoms with van der Waals surface area (Å²) in [5.74, 6) is -0.498. The molecule has 0 saturated carbocycles. The summed E-state index contributed by atoms with van der Waals surface area (Å²) in [6.07, 6.45) is 0.163. The van der Waals surface area contributed by atoms with E-state index in [1.165, 1.54) is 11.3 Å². The van der Waals surface area contributed by atoms with E-state index in [4.69, 9.17) is 11.0 Å². The molecule has 1 aromatic rings. The Morgan fingerprint density at radius 1 is 1.57 bits per heavy atom. The van der Waals surface area contributed by atoms with E-state index in [1.54, 1.807) is 17.5 Å². The minimum Gasteiger partial charge on any atom is -0.365 e. The predicted molar refractivity (Wildman–Crippen MR) is 54.8 cm³/mol. The number of nitrogens with zero attached hydrogens (tertiary/aromatic N) is 1.